The lowest BCUT2D eigenvalue weighted by atomic mass is 10.1. The van der Waals surface area contributed by atoms with Crippen LogP contribution in [0.2, 0.25) is 5.04 Å². The van der Waals surface area contributed by atoms with E-state index in [1.54, 1.807) is 0 Å². The molecule has 7 heteroatoms. The van der Waals surface area contributed by atoms with Gasteiger partial charge in [0.2, 0.25) is 0 Å². The van der Waals surface area contributed by atoms with Gasteiger partial charge in [0.05, 0.1) is 66.1 Å². The molecule has 0 saturated carbocycles. The molecule has 0 unspecified atom stereocenters. The van der Waals surface area contributed by atoms with E-state index in [2.05, 4.69) is 88.4 Å². The van der Waals surface area contributed by atoms with Gasteiger partial charge in [0.25, 0.3) is 8.32 Å². The zero-order valence-corrected chi connectivity index (χ0v) is 27.2. The summed E-state index contributed by atoms with van der Waals surface area (Å²) < 4.78 is 35.1. The largest absolute Gasteiger partial charge is 0.405 e. The zero-order chi connectivity index (χ0) is 29.5. The Bertz CT molecular complexity index is 819. The molecule has 0 bridgehead atoms. The molecule has 0 amide bonds. The van der Waals surface area contributed by atoms with Crippen molar-refractivity contribution < 1.29 is 28.1 Å². The van der Waals surface area contributed by atoms with E-state index < -0.39 is 8.32 Å². The maximum Gasteiger partial charge on any atom is 0.261 e. The molecule has 0 saturated heterocycles. The summed E-state index contributed by atoms with van der Waals surface area (Å²) in [6.07, 6.45) is 7.72. The number of hydrogen-bond donors (Lipinski definition) is 0. The average Bonchev–Trinajstić information content (AvgIpc) is 2.98. The molecule has 232 valence electrons. The Morgan fingerprint density at radius 3 is 1.24 bits per heavy atom. The van der Waals surface area contributed by atoms with Crippen LogP contribution in [0.1, 0.15) is 66.2 Å². The molecule has 0 spiro atoms. The Kier molecular flexibility index (Phi) is 19.1. The predicted octanol–water partition coefficient (Wildman–Crippen LogP) is 6.01. The number of rotatable bonds is 25. The van der Waals surface area contributed by atoms with Gasteiger partial charge in [-0.25, -0.2) is 0 Å². The van der Waals surface area contributed by atoms with Gasteiger partial charge in [0.15, 0.2) is 0 Å². The first-order valence-corrected chi connectivity index (χ1v) is 17.6. The molecule has 0 aromatic heterocycles. The van der Waals surface area contributed by atoms with Gasteiger partial charge in [-0.15, -0.1) is 0 Å². The molecule has 2 rings (SSSR count). The van der Waals surface area contributed by atoms with Gasteiger partial charge < -0.3 is 28.1 Å². The molecule has 0 N–H and O–H groups in total. The molecular weight excluding hydrogens is 532 g/mol. The highest BCUT2D eigenvalue weighted by atomic mass is 28.4. The summed E-state index contributed by atoms with van der Waals surface area (Å²) in [5.41, 5.74) is 0. The molecule has 6 nitrogen and oxygen atoms in total. The molecule has 0 aliphatic heterocycles. The maximum atomic E-state index is 6.84. The lowest BCUT2D eigenvalue weighted by Crippen LogP contribution is -2.66. The fourth-order valence-corrected chi connectivity index (χ4v) is 9.53. The van der Waals surface area contributed by atoms with E-state index in [0.717, 1.165) is 13.0 Å². The Morgan fingerprint density at radius 1 is 0.463 bits per heavy atom. The minimum absolute atomic E-state index is 0.0368. The SMILES string of the molecule is CCCCCCCCOCCOCCOCCOCCOCCO[Si](c1ccccc1)(c1ccccc1)C(C)(C)C. The first kappa shape index (κ1) is 35.6. The van der Waals surface area contributed by atoms with E-state index in [9.17, 15) is 0 Å². The molecule has 0 aliphatic rings. The van der Waals surface area contributed by atoms with Crippen molar-refractivity contribution >= 4 is 18.7 Å². The predicted molar refractivity (Wildman–Crippen MR) is 171 cm³/mol. The zero-order valence-electron chi connectivity index (χ0n) is 26.2. The quantitative estimate of drug-likeness (QED) is 0.105. The van der Waals surface area contributed by atoms with Crippen molar-refractivity contribution in [3.63, 3.8) is 0 Å². The van der Waals surface area contributed by atoms with E-state index in [1.807, 2.05) is 0 Å². The van der Waals surface area contributed by atoms with E-state index in [0.29, 0.717) is 66.1 Å². The van der Waals surface area contributed by atoms with Crippen molar-refractivity contribution in [2.75, 3.05) is 72.7 Å². The fraction of sp³-hybridized carbons (Fsp3) is 0.647. The standard InChI is InChI=1S/C34H56O6Si/c1-5-6-7-8-9-16-21-35-22-23-36-24-25-37-26-27-38-28-29-39-30-31-40-41(34(2,3)4,32-17-12-10-13-18-32)33-19-14-11-15-20-33/h10-15,17-20H,5-9,16,21-31H2,1-4H3. The summed E-state index contributed by atoms with van der Waals surface area (Å²) in [6, 6.07) is 21.4. The van der Waals surface area contributed by atoms with Gasteiger partial charge in [-0.05, 0) is 21.8 Å². The van der Waals surface area contributed by atoms with Gasteiger partial charge in [-0.3, -0.25) is 0 Å². The second-order valence-corrected chi connectivity index (χ2v) is 15.6. The maximum absolute atomic E-state index is 6.84. The summed E-state index contributed by atoms with van der Waals surface area (Å²) in [5, 5.41) is 2.53. The lowest BCUT2D eigenvalue weighted by molar-refractivity contribution is -0.0130. The smallest absolute Gasteiger partial charge is 0.261 e. The third-order valence-corrected chi connectivity index (χ3v) is 12.1. The second kappa shape index (κ2) is 22.0. The van der Waals surface area contributed by atoms with Gasteiger partial charge in [0.1, 0.15) is 0 Å². The molecule has 2 aromatic rings. The molecular formula is C34H56O6Si. The monoisotopic (exact) mass is 588 g/mol. The highest BCUT2D eigenvalue weighted by Gasteiger charge is 2.49. The first-order chi connectivity index (χ1) is 20.0. The summed E-state index contributed by atoms with van der Waals surface area (Å²) in [6.45, 7) is 15.6. The molecule has 0 heterocycles. The van der Waals surface area contributed by atoms with Crippen molar-refractivity contribution in [3.05, 3.63) is 60.7 Å². The number of hydrogen-bond acceptors (Lipinski definition) is 6. The molecule has 0 aliphatic carbocycles. The topological polar surface area (TPSA) is 55.4 Å². The third-order valence-electron chi connectivity index (χ3n) is 7.09. The molecule has 2 aromatic carbocycles. The van der Waals surface area contributed by atoms with Gasteiger partial charge in [0, 0.05) is 6.61 Å². The van der Waals surface area contributed by atoms with Gasteiger partial charge in [-0.2, -0.15) is 0 Å². The third kappa shape index (κ3) is 14.0. The van der Waals surface area contributed by atoms with Crippen LogP contribution in [0.15, 0.2) is 60.7 Å². The summed E-state index contributed by atoms with van der Waals surface area (Å²) in [5.74, 6) is 0. The van der Waals surface area contributed by atoms with Crippen molar-refractivity contribution in [1.29, 1.82) is 0 Å². The van der Waals surface area contributed by atoms with Crippen LogP contribution in [0.3, 0.4) is 0 Å². The lowest BCUT2D eigenvalue weighted by Gasteiger charge is -2.43. The summed E-state index contributed by atoms with van der Waals surface area (Å²) >= 11 is 0. The molecule has 0 fully saturated rings. The summed E-state index contributed by atoms with van der Waals surface area (Å²) in [7, 11) is -2.51. The molecule has 0 radical (unpaired) electrons. The average molecular weight is 589 g/mol. The van der Waals surface area contributed by atoms with Crippen molar-refractivity contribution in [2.45, 2.75) is 71.3 Å². The molecule has 41 heavy (non-hydrogen) atoms. The Hall–Kier alpha value is -1.58. The minimum atomic E-state index is -2.51. The van der Waals surface area contributed by atoms with E-state index >= 15 is 0 Å². The molecule has 0 atom stereocenters. The number of ether oxygens (including phenoxy) is 5. The van der Waals surface area contributed by atoms with Crippen LogP contribution in [0.4, 0.5) is 0 Å². The van der Waals surface area contributed by atoms with E-state index in [4.69, 9.17) is 28.1 Å². The van der Waals surface area contributed by atoms with E-state index in [1.165, 1.54) is 42.5 Å². The normalized spacial score (nSPS) is 12.2. The highest BCUT2D eigenvalue weighted by Crippen LogP contribution is 2.36. The summed E-state index contributed by atoms with van der Waals surface area (Å²) in [4.78, 5) is 0. The first-order valence-electron chi connectivity index (χ1n) is 15.7. The van der Waals surface area contributed by atoms with Crippen LogP contribution in [-0.2, 0) is 28.1 Å². The number of unbranched alkanes of at least 4 members (excludes halogenated alkanes) is 5. The Balaban J connectivity index is 1.50. The van der Waals surface area contributed by atoms with Crippen molar-refractivity contribution in [2.24, 2.45) is 0 Å². The fourth-order valence-electron chi connectivity index (χ4n) is 4.98. The van der Waals surface area contributed by atoms with Crippen LogP contribution in [-0.4, -0.2) is 81.0 Å². The number of benzene rings is 2. The van der Waals surface area contributed by atoms with Crippen LogP contribution in [0, 0.1) is 0 Å². The van der Waals surface area contributed by atoms with Crippen molar-refractivity contribution in [3.8, 4) is 0 Å². The second-order valence-electron chi connectivity index (χ2n) is 11.3. The van der Waals surface area contributed by atoms with E-state index in [-0.39, 0.29) is 5.04 Å². The minimum Gasteiger partial charge on any atom is -0.405 e. The van der Waals surface area contributed by atoms with Crippen LogP contribution in [0.25, 0.3) is 0 Å². The Labute approximate surface area is 251 Å². The highest BCUT2D eigenvalue weighted by molar-refractivity contribution is 6.99. The Morgan fingerprint density at radius 2 is 0.829 bits per heavy atom. The van der Waals surface area contributed by atoms with Crippen LogP contribution >= 0.6 is 0 Å². The van der Waals surface area contributed by atoms with Crippen LogP contribution < -0.4 is 10.4 Å². The van der Waals surface area contributed by atoms with Crippen molar-refractivity contribution in [1.82, 2.24) is 0 Å². The van der Waals surface area contributed by atoms with Crippen LogP contribution in [0.5, 0.6) is 0 Å². The van der Waals surface area contributed by atoms with Gasteiger partial charge >= 0.3 is 0 Å². The van der Waals surface area contributed by atoms with Gasteiger partial charge in [-0.1, -0.05) is 120 Å².